The Bertz CT molecular complexity index is 285. The van der Waals surface area contributed by atoms with Crippen molar-refractivity contribution in [1.29, 1.82) is 0 Å². The van der Waals surface area contributed by atoms with Crippen molar-refractivity contribution >= 4 is 12.0 Å². The molecule has 1 rings (SSSR count). The Morgan fingerprint density at radius 3 is 2.35 bits per heavy atom. The lowest BCUT2D eigenvalue weighted by Crippen LogP contribution is -2.51. The van der Waals surface area contributed by atoms with Crippen molar-refractivity contribution in [1.82, 2.24) is 9.80 Å². The number of methoxy groups -OCH3 is 1. The van der Waals surface area contributed by atoms with Crippen LogP contribution in [0.15, 0.2) is 0 Å². The van der Waals surface area contributed by atoms with Crippen LogP contribution in [-0.2, 0) is 14.3 Å². The molecule has 2 amide bonds. The predicted octanol–water partition coefficient (Wildman–Crippen LogP) is 0.320. The standard InChI is InChI=1S/C11H20N2O4/c1-8-5-13(6-9(2)17-8)10(14)7-12(3)11(15)16-4/h8-9H,5-7H2,1-4H3/t8-,9-/m0/s1. The quantitative estimate of drug-likeness (QED) is 0.702. The molecule has 0 aliphatic carbocycles. The molecule has 1 aliphatic rings. The Hall–Kier alpha value is -1.30. The second kappa shape index (κ2) is 5.86. The summed E-state index contributed by atoms with van der Waals surface area (Å²) in [6.45, 7) is 5.03. The monoisotopic (exact) mass is 244 g/mol. The number of ether oxygens (including phenoxy) is 2. The van der Waals surface area contributed by atoms with E-state index in [0.29, 0.717) is 13.1 Å². The summed E-state index contributed by atoms with van der Waals surface area (Å²) in [4.78, 5) is 26.1. The van der Waals surface area contributed by atoms with Crippen LogP contribution in [0.4, 0.5) is 4.79 Å². The number of rotatable bonds is 2. The van der Waals surface area contributed by atoms with E-state index in [1.807, 2.05) is 13.8 Å². The van der Waals surface area contributed by atoms with E-state index in [4.69, 9.17) is 4.74 Å². The van der Waals surface area contributed by atoms with Crippen LogP contribution in [0.3, 0.4) is 0 Å². The average molecular weight is 244 g/mol. The Kier molecular flexibility index (Phi) is 4.74. The van der Waals surface area contributed by atoms with Crippen molar-refractivity contribution in [2.75, 3.05) is 33.8 Å². The fourth-order valence-electron chi connectivity index (χ4n) is 1.90. The Balaban J connectivity index is 2.49. The van der Waals surface area contributed by atoms with Gasteiger partial charge in [-0.15, -0.1) is 0 Å². The first-order valence-electron chi connectivity index (χ1n) is 5.66. The van der Waals surface area contributed by atoms with Gasteiger partial charge in [0, 0.05) is 20.1 Å². The maximum absolute atomic E-state index is 11.9. The van der Waals surface area contributed by atoms with Gasteiger partial charge in [0.05, 0.1) is 19.3 Å². The van der Waals surface area contributed by atoms with Crippen molar-refractivity contribution in [3.05, 3.63) is 0 Å². The number of nitrogens with zero attached hydrogens (tertiary/aromatic N) is 2. The van der Waals surface area contributed by atoms with E-state index in [0.717, 1.165) is 0 Å². The summed E-state index contributed by atoms with van der Waals surface area (Å²) in [6.07, 6.45) is -0.440. The molecule has 1 saturated heterocycles. The molecular weight excluding hydrogens is 224 g/mol. The highest BCUT2D eigenvalue weighted by Gasteiger charge is 2.27. The molecule has 0 unspecified atom stereocenters. The predicted molar refractivity (Wildman–Crippen MR) is 61.6 cm³/mol. The molecule has 0 radical (unpaired) electrons. The molecule has 0 spiro atoms. The lowest BCUT2D eigenvalue weighted by atomic mass is 10.2. The van der Waals surface area contributed by atoms with Crippen LogP contribution >= 0.6 is 0 Å². The van der Waals surface area contributed by atoms with Crippen LogP contribution in [-0.4, -0.2) is 67.8 Å². The van der Waals surface area contributed by atoms with Gasteiger partial charge in [0.2, 0.25) is 5.91 Å². The van der Waals surface area contributed by atoms with Crippen LogP contribution in [0.1, 0.15) is 13.8 Å². The first kappa shape index (κ1) is 13.8. The Morgan fingerprint density at radius 2 is 1.88 bits per heavy atom. The van der Waals surface area contributed by atoms with Gasteiger partial charge in [-0.3, -0.25) is 4.79 Å². The highest BCUT2D eigenvalue weighted by molar-refractivity contribution is 5.82. The van der Waals surface area contributed by atoms with Gasteiger partial charge in [0.15, 0.2) is 0 Å². The van der Waals surface area contributed by atoms with E-state index >= 15 is 0 Å². The zero-order chi connectivity index (χ0) is 13.0. The second-order valence-corrected chi connectivity index (χ2v) is 4.38. The lowest BCUT2D eigenvalue weighted by molar-refractivity contribution is -0.143. The third-order valence-corrected chi connectivity index (χ3v) is 2.63. The highest BCUT2D eigenvalue weighted by atomic mass is 16.5. The van der Waals surface area contributed by atoms with Crippen molar-refractivity contribution in [3.63, 3.8) is 0 Å². The van der Waals surface area contributed by atoms with Crippen LogP contribution in [0.5, 0.6) is 0 Å². The topological polar surface area (TPSA) is 59.1 Å². The smallest absolute Gasteiger partial charge is 0.409 e. The third kappa shape index (κ3) is 3.89. The van der Waals surface area contributed by atoms with Crippen molar-refractivity contribution in [2.24, 2.45) is 0 Å². The van der Waals surface area contributed by atoms with Crippen LogP contribution < -0.4 is 0 Å². The summed E-state index contributed by atoms with van der Waals surface area (Å²) in [7, 11) is 2.83. The number of likely N-dealkylation sites (N-methyl/N-ethyl adjacent to an activating group) is 1. The van der Waals surface area contributed by atoms with Crippen LogP contribution in [0.25, 0.3) is 0 Å². The first-order chi connectivity index (χ1) is 7.93. The van der Waals surface area contributed by atoms with Gasteiger partial charge in [-0.2, -0.15) is 0 Å². The summed E-state index contributed by atoms with van der Waals surface area (Å²) in [5.74, 6) is -0.0834. The number of hydrogen-bond acceptors (Lipinski definition) is 4. The summed E-state index contributed by atoms with van der Waals surface area (Å²) in [6, 6.07) is 0. The summed E-state index contributed by atoms with van der Waals surface area (Å²) < 4.78 is 10.1. The second-order valence-electron chi connectivity index (χ2n) is 4.38. The Labute approximate surface area is 101 Å². The average Bonchev–Trinajstić information content (AvgIpc) is 2.26. The number of morpholine rings is 1. The van der Waals surface area contributed by atoms with Gasteiger partial charge in [0.25, 0.3) is 0 Å². The van der Waals surface area contributed by atoms with Crippen LogP contribution in [0.2, 0.25) is 0 Å². The number of carbonyl (C=O) groups excluding carboxylic acids is 2. The van der Waals surface area contributed by atoms with E-state index in [2.05, 4.69) is 4.74 Å². The largest absolute Gasteiger partial charge is 0.453 e. The molecule has 98 valence electrons. The zero-order valence-corrected chi connectivity index (χ0v) is 10.8. The minimum absolute atomic E-state index is 0.0335. The minimum atomic E-state index is -0.507. The van der Waals surface area contributed by atoms with Crippen LogP contribution in [0, 0.1) is 0 Å². The van der Waals surface area contributed by atoms with Gasteiger partial charge < -0.3 is 19.3 Å². The van der Waals surface area contributed by atoms with Gasteiger partial charge in [-0.1, -0.05) is 0 Å². The van der Waals surface area contributed by atoms with E-state index in [1.54, 1.807) is 4.90 Å². The van der Waals surface area contributed by atoms with Crippen molar-refractivity contribution < 1.29 is 19.1 Å². The molecular formula is C11H20N2O4. The molecule has 0 aromatic rings. The summed E-state index contributed by atoms with van der Waals surface area (Å²) >= 11 is 0. The SMILES string of the molecule is COC(=O)N(C)CC(=O)N1C[C@H](C)O[C@@H](C)C1. The lowest BCUT2D eigenvalue weighted by Gasteiger charge is -2.35. The minimum Gasteiger partial charge on any atom is -0.453 e. The summed E-state index contributed by atoms with van der Waals surface area (Å²) in [5, 5.41) is 0. The van der Waals surface area contributed by atoms with Crippen molar-refractivity contribution in [2.45, 2.75) is 26.1 Å². The maximum atomic E-state index is 11.9. The molecule has 1 heterocycles. The third-order valence-electron chi connectivity index (χ3n) is 2.63. The Morgan fingerprint density at radius 1 is 1.35 bits per heavy atom. The molecule has 6 heteroatoms. The number of hydrogen-bond donors (Lipinski definition) is 0. The first-order valence-corrected chi connectivity index (χ1v) is 5.66. The van der Waals surface area contributed by atoms with Gasteiger partial charge in [0.1, 0.15) is 6.54 Å². The van der Waals surface area contributed by atoms with Crippen molar-refractivity contribution in [3.8, 4) is 0 Å². The molecule has 0 N–H and O–H groups in total. The number of carbonyl (C=O) groups is 2. The van der Waals surface area contributed by atoms with Gasteiger partial charge >= 0.3 is 6.09 Å². The van der Waals surface area contributed by atoms with E-state index < -0.39 is 6.09 Å². The van der Waals surface area contributed by atoms with E-state index in [9.17, 15) is 9.59 Å². The summed E-state index contributed by atoms with van der Waals surface area (Å²) in [5.41, 5.74) is 0. The molecule has 0 aromatic carbocycles. The highest BCUT2D eigenvalue weighted by Crippen LogP contribution is 2.10. The zero-order valence-electron chi connectivity index (χ0n) is 10.8. The molecule has 0 saturated carbocycles. The van der Waals surface area contributed by atoms with Gasteiger partial charge in [-0.25, -0.2) is 4.79 Å². The maximum Gasteiger partial charge on any atom is 0.409 e. The van der Waals surface area contributed by atoms with E-state index in [1.165, 1.54) is 19.1 Å². The molecule has 6 nitrogen and oxygen atoms in total. The fourth-order valence-corrected chi connectivity index (χ4v) is 1.90. The number of amides is 2. The molecule has 0 aromatic heterocycles. The molecule has 17 heavy (non-hydrogen) atoms. The molecule has 1 aliphatic heterocycles. The van der Waals surface area contributed by atoms with E-state index in [-0.39, 0.29) is 24.7 Å². The molecule has 1 fully saturated rings. The normalized spacial score (nSPS) is 24.4. The molecule has 0 bridgehead atoms. The molecule has 2 atom stereocenters. The fraction of sp³-hybridized carbons (Fsp3) is 0.818. The van der Waals surface area contributed by atoms with Gasteiger partial charge in [-0.05, 0) is 13.8 Å².